The Balaban J connectivity index is 1.79. The molecule has 1 aromatic heterocycles. The van der Waals surface area contributed by atoms with Gasteiger partial charge >= 0.3 is 0 Å². The zero-order chi connectivity index (χ0) is 21.5. The predicted molar refractivity (Wildman–Crippen MR) is 116 cm³/mol. The molecule has 0 saturated carbocycles. The van der Waals surface area contributed by atoms with Crippen LogP contribution in [-0.2, 0) is 19.9 Å². The van der Waals surface area contributed by atoms with Gasteiger partial charge in [0.1, 0.15) is 10.6 Å². The van der Waals surface area contributed by atoms with Gasteiger partial charge in [-0.3, -0.25) is 9.82 Å². The Bertz CT molecular complexity index is 1480. The number of sulfonamides is 1. The molecular formula is C20H18N4O4S2. The topological polar surface area (TPSA) is 135 Å². The maximum absolute atomic E-state index is 12.9. The molecule has 0 spiro atoms. The van der Waals surface area contributed by atoms with Gasteiger partial charge in [0.25, 0.3) is 10.0 Å². The zero-order valence-corrected chi connectivity index (χ0v) is 17.5. The van der Waals surface area contributed by atoms with Crippen LogP contribution in [0.1, 0.15) is 0 Å². The van der Waals surface area contributed by atoms with Crippen LogP contribution in [0.5, 0.6) is 0 Å². The van der Waals surface area contributed by atoms with E-state index in [0.29, 0.717) is 27.8 Å². The van der Waals surface area contributed by atoms with Gasteiger partial charge in [-0.15, -0.1) is 0 Å². The van der Waals surface area contributed by atoms with Crippen molar-refractivity contribution in [3.8, 4) is 11.3 Å². The van der Waals surface area contributed by atoms with Crippen LogP contribution in [0.3, 0.4) is 0 Å². The molecule has 10 heteroatoms. The van der Waals surface area contributed by atoms with Crippen molar-refractivity contribution >= 4 is 42.1 Å². The van der Waals surface area contributed by atoms with Crippen molar-refractivity contribution < 1.29 is 16.8 Å². The molecule has 0 radical (unpaired) electrons. The number of benzene rings is 3. The number of sulfone groups is 1. The average molecular weight is 443 g/mol. The third-order valence-electron chi connectivity index (χ3n) is 4.57. The number of hydrogen-bond donors (Lipinski definition) is 3. The van der Waals surface area contributed by atoms with Gasteiger partial charge in [-0.1, -0.05) is 30.3 Å². The van der Waals surface area contributed by atoms with Crippen LogP contribution >= 0.6 is 0 Å². The molecule has 0 bridgehead atoms. The van der Waals surface area contributed by atoms with Gasteiger partial charge in [0.15, 0.2) is 9.84 Å². The molecule has 0 unspecified atom stereocenters. The second-order valence-electron chi connectivity index (χ2n) is 6.74. The number of nitrogen functional groups attached to an aromatic ring is 1. The Morgan fingerprint density at radius 3 is 2.27 bits per heavy atom. The Labute approximate surface area is 173 Å². The molecule has 0 fully saturated rings. The first-order valence-corrected chi connectivity index (χ1v) is 12.2. The van der Waals surface area contributed by atoms with Crippen molar-refractivity contribution in [1.29, 1.82) is 0 Å². The summed E-state index contributed by atoms with van der Waals surface area (Å²) in [6.45, 7) is 0. The summed E-state index contributed by atoms with van der Waals surface area (Å²) in [6, 6.07) is 17.6. The van der Waals surface area contributed by atoms with Gasteiger partial charge in [0, 0.05) is 28.6 Å². The van der Waals surface area contributed by atoms with Crippen molar-refractivity contribution in [3.05, 3.63) is 66.7 Å². The summed E-state index contributed by atoms with van der Waals surface area (Å²) in [5.41, 5.74) is 8.86. The minimum atomic E-state index is -4.15. The molecule has 30 heavy (non-hydrogen) atoms. The van der Waals surface area contributed by atoms with Gasteiger partial charge < -0.3 is 5.73 Å². The van der Waals surface area contributed by atoms with E-state index in [1.54, 1.807) is 24.3 Å². The lowest BCUT2D eigenvalue weighted by Gasteiger charge is -2.11. The van der Waals surface area contributed by atoms with Crippen LogP contribution in [0.25, 0.3) is 22.2 Å². The van der Waals surface area contributed by atoms with Gasteiger partial charge in [0.2, 0.25) is 0 Å². The Morgan fingerprint density at radius 1 is 0.900 bits per heavy atom. The minimum absolute atomic E-state index is 0.264. The first-order valence-electron chi connectivity index (χ1n) is 8.82. The predicted octanol–water partition coefficient (Wildman–Crippen LogP) is 3.02. The van der Waals surface area contributed by atoms with Crippen LogP contribution in [0.2, 0.25) is 0 Å². The summed E-state index contributed by atoms with van der Waals surface area (Å²) >= 11 is 0. The van der Waals surface area contributed by atoms with Crippen LogP contribution in [0.4, 0.5) is 11.4 Å². The highest BCUT2D eigenvalue weighted by atomic mass is 32.2. The SMILES string of the molecule is CS(=O)(=O)c1ccccc1S(=O)(=O)Nc1ccc2[nH]nc(-c3ccccc3N)c2c1. The number of aromatic amines is 1. The molecule has 0 aliphatic rings. The first kappa shape index (κ1) is 19.9. The van der Waals surface area contributed by atoms with Gasteiger partial charge in [-0.25, -0.2) is 16.8 Å². The highest BCUT2D eigenvalue weighted by Gasteiger charge is 2.24. The number of anilines is 2. The summed E-state index contributed by atoms with van der Waals surface area (Å²) in [7, 11) is -7.88. The number of nitrogens with zero attached hydrogens (tertiary/aromatic N) is 1. The number of aromatic nitrogens is 2. The molecule has 0 amide bonds. The van der Waals surface area contributed by atoms with E-state index in [0.717, 1.165) is 6.26 Å². The highest BCUT2D eigenvalue weighted by molar-refractivity contribution is 7.95. The lowest BCUT2D eigenvalue weighted by Crippen LogP contribution is -2.16. The van der Waals surface area contributed by atoms with E-state index in [-0.39, 0.29) is 15.5 Å². The first-order chi connectivity index (χ1) is 14.2. The fourth-order valence-corrected chi connectivity index (χ4v) is 5.86. The molecule has 8 nitrogen and oxygen atoms in total. The molecule has 0 aliphatic heterocycles. The number of H-pyrrole nitrogens is 1. The molecular weight excluding hydrogens is 424 g/mol. The zero-order valence-electron chi connectivity index (χ0n) is 15.8. The molecule has 4 rings (SSSR count). The Morgan fingerprint density at radius 2 is 1.57 bits per heavy atom. The van der Waals surface area contributed by atoms with Crippen molar-refractivity contribution in [2.24, 2.45) is 0 Å². The molecule has 0 atom stereocenters. The Kier molecular flexibility index (Phi) is 4.75. The number of rotatable bonds is 5. The molecule has 154 valence electrons. The largest absolute Gasteiger partial charge is 0.398 e. The van der Waals surface area contributed by atoms with E-state index in [9.17, 15) is 16.8 Å². The smallest absolute Gasteiger partial charge is 0.263 e. The molecule has 0 aliphatic carbocycles. The average Bonchev–Trinajstić information content (AvgIpc) is 3.10. The number of nitrogens with one attached hydrogen (secondary N) is 2. The third-order valence-corrected chi connectivity index (χ3v) is 7.29. The van der Waals surface area contributed by atoms with E-state index in [4.69, 9.17) is 5.73 Å². The van der Waals surface area contributed by atoms with Crippen molar-refractivity contribution in [2.75, 3.05) is 16.7 Å². The fourth-order valence-electron chi connectivity index (χ4n) is 3.18. The summed E-state index contributed by atoms with van der Waals surface area (Å²) in [5, 5.41) is 7.88. The van der Waals surface area contributed by atoms with Crippen LogP contribution in [0.15, 0.2) is 76.5 Å². The van der Waals surface area contributed by atoms with Crippen LogP contribution in [-0.4, -0.2) is 33.3 Å². The number of hydrogen-bond acceptors (Lipinski definition) is 6. The lowest BCUT2D eigenvalue weighted by atomic mass is 10.1. The molecule has 1 heterocycles. The second-order valence-corrected chi connectivity index (χ2v) is 10.4. The minimum Gasteiger partial charge on any atom is -0.398 e. The number of para-hydroxylation sites is 1. The summed E-state index contributed by atoms with van der Waals surface area (Å²) in [6.07, 6.45) is 0.968. The summed E-state index contributed by atoms with van der Waals surface area (Å²) in [5.74, 6) is 0. The maximum atomic E-state index is 12.9. The number of fused-ring (bicyclic) bond motifs is 1. The fraction of sp³-hybridized carbons (Fsp3) is 0.0500. The second kappa shape index (κ2) is 7.15. The van der Waals surface area contributed by atoms with E-state index < -0.39 is 19.9 Å². The highest BCUT2D eigenvalue weighted by Crippen LogP contribution is 2.32. The van der Waals surface area contributed by atoms with E-state index in [1.165, 1.54) is 24.3 Å². The van der Waals surface area contributed by atoms with Gasteiger partial charge in [0.05, 0.1) is 10.4 Å². The Hall–Kier alpha value is -3.37. The third kappa shape index (κ3) is 3.62. The maximum Gasteiger partial charge on any atom is 0.263 e. The monoisotopic (exact) mass is 442 g/mol. The summed E-state index contributed by atoms with van der Waals surface area (Å²) in [4.78, 5) is -0.577. The molecule has 4 aromatic rings. The van der Waals surface area contributed by atoms with E-state index in [1.807, 2.05) is 18.2 Å². The normalized spacial score (nSPS) is 12.2. The van der Waals surface area contributed by atoms with Crippen molar-refractivity contribution in [2.45, 2.75) is 9.79 Å². The van der Waals surface area contributed by atoms with Crippen molar-refractivity contribution in [3.63, 3.8) is 0 Å². The quantitative estimate of drug-likeness (QED) is 0.407. The number of nitrogens with two attached hydrogens (primary N) is 1. The molecule has 4 N–H and O–H groups in total. The van der Waals surface area contributed by atoms with E-state index in [2.05, 4.69) is 14.9 Å². The molecule has 3 aromatic carbocycles. The lowest BCUT2D eigenvalue weighted by molar-refractivity contribution is 0.588. The van der Waals surface area contributed by atoms with Gasteiger partial charge in [-0.05, 0) is 36.4 Å². The molecule has 0 saturated heterocycles. The van der Waals surface area contributed by atoms with Crippen molar-refractivity contribution in [1.82, 2.24) is 10.2 Å². The standard InChI is InChI=1S/C20H18N4O4S2/c1-29(25,26)18-8-4-5-9-19(18)30(27,28)24-13-10-11-17-15(12-13)20(23-22-17)14-6-2-3-7-16(14)21/h2-12,24H,21H2,1H3,(H,22,23). The van der Waals surface area contributed by atoms with Crippen LogP contribution in [0, 0.1) is 0 Å². The summed E-state index contributed by atoms with van der Waals surface area (Å²) < 4.78 is 52.3. The van der Waals surface area contributed by atoms with Gasteiger partial charge in [-0.2, -0.15) is 5.10 Å². The van der Waals surface area contributed by atoms with E-state index >= 15 is 0 Å². The van der Waals surface area contributed by atoms with Crippen LogP contribution < -0.4 is 10.5 Å².